The summed E-state index contributed by atoms with van der Waals surface area (Å²) in [5.74, 6) is 0.856. The topological polar surface area (TPSA) is 31.2 Å². The van der Waals surface area contributed by atoms with Crippen molar-refractivity contribution in [3.05, 3.63) is 30.0 Å². The number of benzene rings is 1. The maximum atomic E-state index is 10.9. The summed E-state index contributed by atoms with van der Waals surface area (Å²) in [7, 11) is 1.89. The largest absolute Gasteiger partial charge is 0.491 e. The first-order chi connectivity index (χ1) is 8.15. The van der Waals surface area contributed by atoms with Crippen molar-refractivity contribution in [2.24, 2.45) is 7.05 Å². The van der Waals surface area contributed by atoms with E-state index in [0.29, 0.717) is 5.69 Å². The van der Waals surface area contributed by atoms with Gasteiger partial charge in [0.2, 0.25) is 0 Å². The number of aromatic nitrogens is 1. The highest BCUT2D eigenvalue weighted by molar-refractivity contribution is 5.89. The quantitative estimate of drug-likeness (QED) is 0.757. The van der Waals surface area contributed by atoms with Crippen molar-refractivity contribution in [3.63, 3.8) is 0 Å². The van der Waals surface area contributed by atoms with E-state index in [9.17, 15) is 4.79 Å². The molecule has 0 fully saturated rings. The zero-order valence-corrected chi connectivity index (χ0v) is 10.4. The average molecular weight is 231 g/mol. The third kappa shape index (κ3) is 2.18. The molecular formula is C14H17NO2. The second kappa shape index (κ2) is 4.62. The van der Waals surface area contributed by atoms with Crippen LogP contribution >= 0.6 is 0 Å². The molecule has 1 atom stereocenters. The lowest BCUT2D eigenvalue weighted by Gasteiger charge is -2.12. The van der Waals surface area contributed by atoms with Crippen LogP contribution in [0.4, 0.5) is 0 Å². The Kier molecular flexibility index (Phi) is 3.18. The van der Waals surface area contributed by atoms with Crippen LogP contribution in [0.5, 0.6) is 5.75 Å². The van der Waals surface area contributed by atoms with Crippen molar-refractivity contribution in [1.82, 2.24) is 4.57 Å². The lowest BCUT2D eigenvalue weighted by atomic mass is 10.2. The summed E-state index contributed by atoms with van der Waals surface area (Å²) in [5.41, 5.74) is 1.73. The van der Waals surface area contributed by atoms with E-state index in [1.165, 1.54) is 0 Å². The fourth-order valence-corrected chi connectivity index (χ4v) is 1.85. The molecule has 0 spiro atoms. The second-order valence-electron chi connectivity index (χ2n) is 4.30. The Hall–Kier alpha value is -1.77. The van der Waals surface area contributed by atoms with Crippen LogP contribution in [0.1, 0.15) is 30.8 Å². The highest BCUT2D eigenvalue weighted by Gasteiger charge is 2.07. The first kappa shape index (κ1) is 11.7. The number of fused-ring (bicyclic) bond motifs is 1. The molecule has 1 aromatic heterocycles. The molecule has 0 bridgehead atoms. The molecule has 3 heteroatoms. The van der Waals surface area contributed by atoms with Crippen molar-refractivity contribution in [2.45, 2.75) is 26.4 Å². The van der Waals surface area contributed by atoms with E-state index in [2.05, 4.69) is 6.92 Å². The van der Waals surface area contributed by atoms with Crippen LogP contribution in [-0.2, 0) is 7.05 Å². The molecule has 0 N–H and O–H groups in total. The average Bonchev–Trinajstić information content (AvgIpc) is 2.65. The van der Waals surface area contributed by atoms with Crippen LogP contribution in [0.25, 0.3) is 10.9 Å². The summed E-state index contributed by atoms with van der Waals surface area (Å²) in [6, 6.07) is 7.80. The molecular weight excluding hydrogens is 214 g/mol. The number of hydrogen-bond donors (Lipinski definition) is 0. The molecule has 0 aliphatic rings. The summed E-state index contributed by atoms with van der Waals surface area (Å²) >= 11 is 0. The lowest BCUT2D eigenvalue weighted by molar-refractivity contribution is 0.111. The van der Waals surface area contributed by atoms with E-state index in [-0.39, 0.29) is 6.10 Å². The molecule has 90 valence electrons. The van der Waals surface area contributed by atoms with Crippen molar-refractivity contribution in [2.75, 3.05) is 0 Å². The van der Waals surface area contributed by atoms with Gasteiger partial charge in [0.15, 0.2) is 6.29 Å². The zero-order valence-electron chi connectivity index (χ0n) is 10.4. The number of aldehydes is 1. The van der Waals surface area contributed by atoms with Gasteiger partial charge in [-0.2, -0.15) is 0 Å². The van der Waals surface area contributed by atoms with E-state index in [4.69, 9.17) is 4.74 Å². The van der Waals surface area contributed by atoms with Gasteiger partial charge in [-0.3, -0.25) is 4.79 Å². The Labute approximate surface area is 101 Å². The Balaban J connectivity index is 2.40. The maximum absolute atomic E-state index is 10.9. The number of aryl methyl sites for hydroxylation is 1. The highest BCUT2D eigenvalue weighted by Crippen LogP contribution is 2.24. The molecule has 2 aromatic rings. The van der Waals surface area contributed by atoms with Crippen molar-refractivity contribution < 1.29 is 9.53 Å². The van der Waals surface area contributed by atoms with Gasteiger partial charge in [0.05, 0.1) is 11.8 Å². The Morgan fingerprint density at radius 1 is 1.41 bits per heavy atom. The Bertz CT molecular complexity index is 542. The predicted molar refractivity (Wildman–Crippen MR) is 68.7 cm³/mol. The first-order valence-electron chi connectivity index (χ1n) is 5.87. The van der Waals surface area contributed by atoms with Crippen LogP contribution in [0.3, 0.4) is 0 Å². The summed E-state index contributed by atoms with van der Waals surface area (Å²) in [4.78, 5) is 10.9. The zero-order chi connectivity index (χ0) is 12.4. The van der Waals surface area contributed by atoms with Gasteiger partial charge in [0.1, 0.15) is 5.75 Å². The van der Waals surface area contributed by atoms with Crippen LogP contribution in [0.15, 0.2) is 24.3 Å². The normalized spacial score (nSPS) is 12.6. The van der Waals surface area contributed by atoms with Crippen molar-refractivity contribution in [3.8, 4) is 5.75 Å². The molecule has 0 radical (unpaired) electrons. The maximum Gasteiger partial charge on any atom is 0.166 e. The van der Waals surface area contributed by atoms with Gasteiger partial charge >= 0.3 is 0 Å². The monoisotopic (exact) mass is 231 g/mol. The molecule has 0 aliphatic heterocycles. The second-order valence-corrected chi connectivity index (χ2v) is 4.30. The highest BCUT2D eigenvalue weighted by atomic mass is 16.5. The predicted octanol–water partition coefficient (Wildman–Crippen LogP) is 3.17. The molecule has 0 amide bonds. The minimum absolute atomic E-state index is 0.210. The van der Waals surface area contributed by atoms with Gasteiger partial charge in [0.25, 0.3) is 0 Å². The number of ether oxygens (including phenoxy) is 1. The summed E-state index contributed by atoms with van der Waals surface area (Å²) in [6.07, 6.45) is 2.06. The Morgan fingerprint density at radius 3 is 2.82 bits per heavy atom. The van der Waals surface area contributed by atoms with E-state index in [1.807, 2.05) is 42.8 Å². The fraction of sp³-hybridized carbons (Fsp3) is 0.357. The number of rotatable bonds is 4. The van der Waals surface area contributed by atoms with E-state index in [0.717, 1.165) is 29.4 Å². The van der Waals surface area contributed by atoms with E-state index in [1.54, 1.807) is 0 Å². The van der Waals surface area contributed by atoms with E-state index < -0.39 is 0 Å². The fourth-order valence-electron chi connectivity index (χ4n) is 1.85. The van der Waals surface area contributed by atoms with E-state index >= 15 is 0 Å². The smallest absolute Gasteiger partial charge is 0.166 e. The van der Waals surface area contributed by atoms with Gasteiger partial charge in [0, 0.05) is 18.0 Å². The lowest BCUT2D eigenvalue weighted by Crippen LogP contribution is -2.09. The number of carbonyl (C=O) groups excluding carboxylic acids is 1. The standard InChI is InChI=1S/C14H17NO2/c1-4-10(2)17-13-5-6-14-11(8-13)7-12(9-16)15(14)3/h5-10H,4H2,1-3H3. The minimum Gasteiger partial charge on any atom is -0.491 e. The minimum atomic E-state index is 0.210. The van der Waals surface area contributed by atoms with Crippen LogP contribution in [-0.4, -0.2) is 17.0 Å². The van der Waals surface area contributed by atoms with Gasteiger partial charge in [-0.1, -0.05) is 6.92 Å². The van der Waals surface area contributed by atoms with Gasteiger partial charge in [-0.15, -0.1) is 0 Å². The molecule has 0 aliphatic carbocycles. The van der Waals surface area contributed by atoms with Crippen LogP contribution < -0.4 is 4.74 Å². The molecule has 0 saturated carbocycles. The van der Waals surface area contributed by atoms with Crippen molar-refractivity contribution in [1.29, 1.82) is 0 Å². The summed E-state index contributed by atoms with van der Waals surface area (Å²) in [5, 5.41) is 1.04. The first-order valence-corrected chi connectivity index (χ1v) is 5.87. The summed E-state index contributed by atoms with van der Waals surface area (Å²) in [6.45, 7) is 4.14. The van der Waals surface area contributed by atoms with Crippen LogP contribution in [0.2, 0.25) is 0 Å². The molecule has 1 aromatic carbocycles. The van der Waals surface area contributed by atoms with Gasteiger partial charge in [-0.05, 0) is 37.6 Å². The summed E-state index contributed by atoms with van der Waals surface area (Å²) < 4.78 is 7.64. The molecule has 1 heterocycles. The number of hydrogen-bond acceptors (Lipinski definition) is 2. The molecule has 0 saturated heterocycles. The Morgan fingerprint density at radius 2 is 2.18 bits per heavy atom. The third-order valence-corrected chi connectivity index (χ3v) is 3.08. The molecule has 1 unspecified atom stereocenters. The van der Waals surface area contributed by atoms with Crippen molar-refractivity contribution >= 4 is 17.2 Å². The van der Waals surface area contributed by atoms with Gasteiger partial charge in [-0.25, -0.2) is 0 Å². The number of nitrogens with zero attached hydrogens (tertiary/aromatic N) is 1. The number of carbonyl (C=O) groups is 1. The molecule has 3 nitrogen and oxygen atoms in total. The molecule has 17 heavy (non-hydrogen) atoms. The molecule has 2 rings (SSSR count). The SMILES string of the molecule is CCC(C)Oc1ccc2c(c1)cc(C=O)n2C. The third-order valence-electron chi connectivity index (χ3n) is 3.08. The van der Waals surface area contributed by atoms with Gasteiger partial charge < -0.3 is 9.30 Å². The van der Waals surface area contributed by atoms with Crippen LogP contribution in [0, 0.1) is 0 Å².